The van der Waals surface area contributed by atoms with E-state index in [4.69, 9.17) is 0 Å². The van der Waals surface area contributed by atoms with Crippen LogP contribution in [0.25, 0.3) is 0 Å². The molecule has 0 aromatic heterocycles. The Bertz CT molecular complexity index is 819. The number of hydrogen-bond acceptors (Lipinski definition) is 4. The fourth-order valence-corrected chi connectivity index (χ4v) is 3.29. The Morgan fingerprint density at radius 2 is 1.60 bits per heavy atom. The lowest BCUT2D eigenvalue weighted by Gasteiger charge is -2.10. The normalized spacial score (nSPS) is 11.8. The molecule has 0 saturated carbocycles. The lowest BCUT2D eigenvalue weighted by atomic mass is 10.2. The molecule has 0 bridgehead atoms. The summed E-state index contributed by atoms with van der Waals surface area (Å²) in [5, 5.41) is 2.32. The first-order valence-electron chi connectivity index (χ1n) is 7.03. The number of benzene rings is 2. The highest BCUT2D eigenvalue weighted by Crippen LogP contribution is 2.24. The van der Waals surface area contributed by atoms with Crippen molar-refractivity contribution in [3.05, 3.63) is 60.2 Å². The smallest absolute Gasteiger partial charge is 0.406 e. The average Bonchev–Trinajstić information content (AvgIpc) is 2.47. The standard InChI is InChI=1S/C16H14F3NO4S/c17-16(18,19)24-14-8-6-13(7-9-14)20-15(21)11-25(22,23)10-12-4-2-1-3-5-12/h1-9H,10-11H2,(H,20,21). The van der Waals surface area contributed by atoms with Crippen molar-refractivity contribution < 1.29 is 31.1 Å². The average molecular weight is 373 g/mol. The molecule has 0 unspecified atom stereocenters. The Hall–Kier alpha value is -2.55. The van der Waals surface area contributed by atoms with E-state index >= 15 is 0 Å². The number of carbonyl (C=O) groups excluding carboxylic acids is 1. The first-order chi connectivity index (χ1) is 11.6. The second kappa shape index (κ2) is 7.56. The molecule has 1 amide bonds. The molecular weight excluding hydrogens is 359 g/mol. The van der Waals surface area contributed by atoms with Crippen molar-refractivity contribution in [1.29, 1.82) is 0 Å². The number of sulfone groups is 1. The van der Waals surface area contributed by atoms with E-state index in [-0.39, 0.29) is 11.4 Å². The van der Waals surface area contributed by atoms with E-state index in [1.54, 1.807) is 30.3 Å². The van der Waals surface area contributed by atoms with Gasteiger partial charge in [0.05, 0.1) is 5.75 Å². The number of halogens is 3. The van der Waals surface area contributed by atoms with Crippen molar-refractivity contribution in [2.24, 2.45) is 0 Å². The second-order valence-corrected chi connectivity index (χ2v) is 7.20. The summed E-state index contributed by atoms with van der Waals surface area (Å²) in [5.74, 6) is -2.23. The summed E-state index contributed by atoms with van der Waals surface area (Å²) in [6.07, 6.45) is -4.81. The van der Waals surface area contributed by atoms with Crippen molar-refractivity contribution in [3.63, 3.8) is 0 Å². The van der Waals surface area contributed by atoms with E-state index in [9.17, 15) is 26.4 Å². The van der Waals surface area contributed by atoms with Gasteiger partial charge in [-0.3, -0.25) is 4.79 Å². The van der Waals surface area contributed by atoms with Gasteiger partial charge in [-0.2, -0.15) is 0 Å². The van der Waals surface area contributed by atoms with Gasteiger partial charge in [0.25, 0.3) is 0 Å². The minimum absolute atomic E-state index is 0.162. The van der Waals surface area contributed by atoms with Crippen molar-refractivity contribution in [1.82, 2.24) is 0 Å². The largest absolute Gasteiger partial charge is 0.573 e. The number of nitrogens with one attached hydrogen (secondary N) is 1. The van der Waals surface area contributed by atoms with Crippen molar-refractivity contribution in [2.75, 3.05) is 11.1 Å². The minimum Gasteiger partial charge on any atom is -0.406 e. The fraction of sp³-hybridized carbons (Fsp3) is 0.188. The molecule has 0 radical (unpaired) electrons. The minimum atomic E-state index is -4.81. The molecule has 0 aliphatic carbocycles. The number of amides is 1. The predicted octanol–water partition coefficient (Wildman–Crippen LogP) is 3.14. The monoisotopic (exact) mass is 373 g/mol. The van der Waals surface area contributed by atoms with Crippen molar-refractivity contribution in [2.45, 2.75) is 12.1 Å². The Morgan fingerprint density at radius 3 is 2.16 bits per heavy atom. The van der Waals surface area contributed by atoms with Crippen LogP contribution in [0.5, 0.6) is 5.75 Å². The summed E-state index contributed by atoms with van der Waals surface area (Å²) in [4.78, 5) is 11.8. The van der Waals surface area contributed by atoms with Gasteiger partial charge < -0.3 is 10.1 Å². The lowest BCUT2D eigenvalue weighted by Crippen LogP contribution is -2.24. The number of alkyl halides is 3. The molecule has 0 aliphatic rings. The van der Waals surface area contributed by atoms with E-state index in [0.717, 1.165) is 12.1 Å². The summed E-state index contributed by atoms with van der Waals surface area (Å²) < 4.78 is 63.9. The third-order valence-electron chi connectivity index (χ3n) is 2.95. The van der Waals surface area contributed by atoms with E-state index in [1.807, 2.05) is 0 Å². The summed E-state index contributed by atoms with van der Waals surface area (Å²) in [7, 11) is -3.67. The van der Waals surface area contributed by atoms with Crippen LogP contribution in [0.2, 0.25) is 0 Å². The van der Waals surface area contributed by atoms with E-state index in [2.05, 4.69) is 10.1 Å². The quantitative estimate of drug-likeness (QED) is 0.844. The van der Waals surface area contributed by atoms with Crippen LogP contribution in [0.3, 0.4) is 0 Å². The maximum absolute atomic E-state index is 12.1. The van der Waals surface area contributed by atoms with Crippen LogP contribution in [-0.2, 0) is 20.4 Å². The molecule has 0 saturated heterocycles. The van der Waals surface area contributed by atoms with Gasteiger partial charge in [0, 0.05) is 5.69 Å². The second-order valence-electron chi connectivity index (χ2n) is 5.14. The molecule has 134 valence electrons. The molecule has 2 rings (SSSR count). The summed E-state index contributed by atoms with van der Waals surface area (Å²) in [6.45, 7) is 0. The molecule has 0 spiro atoms. The van der Waals surface area contributed by atoms with Gasteiger partial charge in [0.1, 0.15) is 11.5 Å². The maximum Gasteiger partial charge on any atom is 0.573 e. The number of rotatable bonds is 6. The molecular formula is C16H14F3NO4S. The molecule has 2 aromatic carbocycles. The van der Waals surface area contributed by atoms with Gasteiger partial charge in [0.2, 0.25) is 5.91 Å². The Kier molecular flexibility index (Phi) is 5.68. The van der Waals surface area contributed by atoms with Crippen LogP contribution < -0.4 is 10.1 Å². The van der Waals surface area contributed by atoms with Gasteiger partial charge in [-0.05, 0) is 29.8 Å². The van der Waals surface area contributed by atoms with Crippen LogP contribution in [0.4, 0.5) is 18.9 Å². The van der Waals surface area contributed by atoms with Crippen LogP contribution in [0.1, 0.15) is 5.56 Å². The number of ether oxygens (including phenoxy) is 1. The SMILES string of the molecule is O=C(CS(=O)(=O)Cc1ccccc1)Nc1ccc(OC(F)(F)F)cc1. The molecule has 9 heteroatoms. The molecule has 0 aliphatic heterocycles. The zero-order valence-electron chi connectivity index (χ0n) is 12.8. The van der Waals surface area contributed by atoms with E-state index in [1.165, 1.54) is 12.1 Å². The fourth-order valence-electron chi connectivity index (χ4n) is 2.02. The Morgan fingerprint density at radius 1 is 1.00 bits per heavy atom. The number of anilines is 1. The molecule has 2 aromatic rings. The van der Waals surface area contributed by atoms with Crippen LogP contribution >= 0.6 is 0 Å². The molecule has 1 N–H and O–H groups in total. The van der Waals surface area contributed by atoms with Gasteiger partial charge >= 0.3 is 6.36 Å². The van der Waals surface area contributed by atoms with E-state index in [0.29, 0.717) is 5.56 Å². The summed E-state index contributed by atoms with van der Waals surface area (Å²) >= 11 is 0. The number of carbonyl (C=O) groups is 1. The molecule has 25 heavy (non-hydrogen) atoms. The van der Waals surface area contributed by atoms with Gasteiger partial charge in [-0.25, -0.2) is 8.42 Å². The highest BCUT2D eigenvalue weighted by Gasteiger charge is 2.31. The summed E-state index contributed by atoms with van der Waals surface area (Å²) in [6, 6.07) is 12.8. The molecule has 5 nitrogen and oxygen atoms in total. The van der Waals surface area contributed by atoms with Gasteiger partial charge in [-0.1, -0.05) is 30.3 Å². The molecule has 0 atom stereocenters. The van der Waals surface area contributed by atoms with Crippen LogP contribution in [0.15, 0.2) is 54.6 Å². The van der Waals surface area contributed by atoms with Crippen LogP contribution in [-0.4, -0.2) is 26.4 Å². The third-order valence-corrected chi connectivity index (χ3v) is 4.43. The van der Waals surface area contributed by atoms with Crippen molar-refractivity contribution >= 4 is 21.4 Å². The Labute approximate surface area is 142 Å². The lowest BCUT2D eigenvalue weighted by molar-refractivity contribution is -0.274. The topological polar surface area (TPSA) is 72.5 Å². The zero-order valence-corrected chi connectivity index (χ0v) is 13.6. The first kappa shape index (κ1) is 18.8. The predicted molar refractivity (Wildman–Crippen MR) is 85.7 cm³/mol. The Balaban J connectivity index is 1.93. The highest BCUT2D eigenvalue weighted by atomic mass is 32.2. The molecule has 0 fully saturated rings. The van der Waals surface area contributed by atoms with E-state index < -0.39 is 33.6 Å². The van der Waals surface area contributed by atoms with Gasteiger partial charge in [-0.15, -0.1) is 13.2 Å². The van der Waals surface area contributed by atoms with Crippen LogP contribution in [0, 0.1) is 0 Å². The third kappa shape index (κ3) is 6.84. The highest BCUT2D eigenvalue weighted by molar-refractivity contribution is 7.91. The first-order valence-corrected chi connectivity index (χ1v) is 8.85. The zero-order chi connectivity index (χ0) is 18.5. The van der Waals surface area contributed by atoms with Crippen molar-refractivity contribution in [3.8, 4) is 5.75 Å². The van der Waals surface area contributed by atoms with Gasteiger partial charge in [0.15, 0.2) is 9.84 Å². The number of hydrogen-bond donors (Lipinski definition) is 1. The molecule has 0 heterocycles. The maximum atomic E-state index is 12.1. The summed E-state index contributed by atoms with van der Waals surface area (Å²) in [5.41, 5.74) is 0.721.